The highest BCUT2D eigenvalue weighted by Crippen LogP contribution is 2.26. The van der Waals surface area contributed by atoms with Crippen LogP contribution in [0.3, 0.4) is 0 Å². The molecule has 0 saturated heterocycles. The Morgan fingerprint density at radius 2 is 1.95 bits per heavy atom. The zero-order valence-corrected chi connectivity index (χ0v) is 12.4. The molecule has 0 bridgehead atoms. The minimum Gasteiger partial charge on any atom is -0.406 e. The van der Waals surface area contributed by atoms with Gasteiger partial charge < -0.3 is 9.47 Å². The van der Waals surface area contributed by atoms with Crippen LogP contribution in [-0.4, -0.2) is 46.4 Å². The van der Waals surface area contributed by atoms with Gasteiger partial charge in [-0.15, -0.1) is 13.2 Å². The molecule has 1 aromatic rings. The third-order valence-electron chi connectivity index (χ3n) is 2.57. The maximum absolute atomic E-state index is 12.2. The number of hydrogen-bond acceptors (Lipinski definition) is 4. The number of hydrogen-bond donors (Lipinski definition) is 0. The lowest BCUT2D eigenvalue weighted by Gasteiger charge is -2.17. The summed E-state index contributed by atoms with van der Waals surface area (Å²) in [6.45, 7) is 0.581. The maximum atomic E-state index is 12.2. The van der Waals surface area contributed by atoms with Gasteiger partial charge in [0.1, 0.15) is 5.75 Å². The first-order valence-corrected chi connectivity index (χ1v) is 7.42. The average Bonchev–Trinajstić information content (AvgIpc) is 2.37. The molecule has 0 aromatic heterocycles. The molecular weight excluding hydrogens is 311 g/mol. The molecule has 0 fully saturated rings. The van der Waals surface area contributed by atoms with Crippen LogP contribution >= 0.6 is 0 Å². The van der Waals surface area contributed by atoms with Crippen molar-refractivity contribution in [2.24, 2.45) is 0 Å². The van der Waals surface area contributed by atoms with E-state index in [9.17, 15) is 21.6 Å². The summed E-state index contributed by atoms with van der Waals surface area (Å²) in [4.78, 5) is -0.260. The lowest BCUT2D eigenvalue weighted by molar-refractivity contribution is -0.274. The van der Waals surface area contributed by atoms with E-state index in [1.54, 1.807) is 0 Å². The summed E-state index contributed by atoms with van der Waals surface area (Å²) >= 11 is 0. The van der Waals surface area contributed by atoms with Gasteiger partial charge in [-0.25, -0.2) is 12.7 Å². The van der Waals surface area contributed by atoms with Crippen molar-refractivity contribution >= 4 is 10.0 Å². The molecule has 0 atom stereocenters. The third-order valence-corrected chi connectivity index (χ3v) is 4.42. The summed E-state index contributed by atoms with van der Waals surface area (Å²) in [6, 6.07) is 4.29. The van der Waals surface area contributed by atoms with Gasteiger partial charge in [0.05, 0.1) is 4.90 Å². The van der Waals surface area contributed by atoms with Crippen molar-refractivity contribution in [3.8, 4) is 5.75 Å². The number of sulfonamides is 1. The van der Waals surface area contributed by atoms with Crippen LogP contribution in [0.4, 0.5) is 13.2 Å². The zero-order valence-electron chi connectivity index (χ0n) is 11.6. The van der Waals surface area contributed by atoms with E-state index in [4.69, 9.17) is 4.74 Å². The Kier molecular flexibility index (Phi) is 5.99. The standard InChI is InChI=1S/C12H16F3NO4S/c1-16(7-4-8-19-2)21(17,18)11-6-3-5-10(9-11)20-12(13,14)15/h3,5-6,9H,4,7-8H2,1-2H3. The Bertz CT molecular complexity index is 560. The van der Waals surface area contributed by atoms with E-state index in [1.807, 2.05) is 0 Å². The summed E-state index contributed by atoms with van der Waals surface area (Å²) < 4.78 is 70.4. The SMILES string of the molecule is COCCCN(C)S(=O)(=O)c1cccc(OC(F)(F)F)c1. The van der Waals surface area contributed by atoms with Crippen LogP contribution in [0.5, 0.6) is 5.75 Å². The quantitative estimate of drug-likeness (QED) is 0.721. The number of alkyl halides is 3. The van der Waals surface area contributed by atoms with Gasteiger partial charge >= 0.3 is 6.36 Å². The van der Waals surface area contributed by atoms with Gasteiger partial charge in [-0.05, 0) is 18.6 Å². The number of methoxy groups -OCH3 is 1. The van der Waals surface area contributed by atoms with Gasteiger partial charge in [0.15, 0.2) is 0 Å². The van der Waals surface area contributed by atoms with Crippen LogP contribution in [0.15, 0.2) is 29.2 Å². The Balaban J connectivity index is 2.90. The molecule has 0 spiro atoms. The molecule has 0 saturated carbocycles. The largest absolute Gasteiger partial charge is 0.573 e. The van der Waals surface area contributed by atoms with Gasteiger partial charge in [0.25, 0.3) is 0 Å². The van der Waals surface area contributed by atoms with E-state index >= 15 is 0 Å². The van der Waals surface area contributed by atoms with E-state index in [0.29, 0.717) is 13.0 Å². The second-order valence-corrected chi connectivity index (χ2v) is 6.24. The summed E-state index contributed by atoms with van der Waals surface area (Å²) in [7, 11) is -1.03. The second-order valence-electron chi connectivity index (χ2n) is 4.20. The molecule has 5 nitrogen and oxygen atoms in total. The van der Waals surface area contributed by atoms with E-state index in [1.165, 1.54) is 26.3 Å². The first-order valence-electron chi connectivity index (χ1n) is 5.98. The van der Waals surface area contributed by atoms with Crippen molar-refractivity contribution in [2.45, 2.75) is 17.7 Å². The molecule has 0 aliphatic heterocycles. The first-order chi connectivity index (χ1) is 9.66. The van der Waals surface area contributed by atoms with Gasteiger partial charge in [0.2, 0.25) is 10.0 Å². The van der Waals surface area contributed by atoms with Gasteiger partial charge in [-0.1, -0.05) is 6.07 Å². The molecule has 0 unspecified atom stereocenters. The number of ether oxygens (including phenoxy) is 2. The summed E-state index contributed by atoms with van der Waals surface area (Å²) in [5, 5.41) is 0. The van der Waals surface area contributed by atoms with Crippen molar-refractivity contribution in [1.82, 2.24) is 4.31 Å². The van der Waals surface area contributed by atoms with E-state index in [-0.39, 0.29) is 11.4 Å². The van der Waals surface area contributed by atoms with Crippen molar-refractivity contribution < 1.29 is 31.1 Å². The molecule has 9 heteroatoms. The fourth-order valence-electron chi connectivity index (χ4n) is 1.56. The zero-order chi connectivity index (χ0) is 16.1. The normalized spacial score (nSPS) is 12.7. The molecule has 0 N–H and O–H groups in total. The number of benzene rings is 1. The second kappa shape index (κ2) is 7.10. The van der Waals surface area contributed by atoms with Gasteiger partial charge in [0, 0.05) is 33.4 Å². The Morgan fingerprint density at radius 1 is 1.29 bits per heavy atom. The minimum atomic E-state index is -4.87. The fraction of sp³-hybridized carbons (Fsp3) is 0.500. The van der Waals surface area contributed by atoms with Crippen LogP contribution in [0.1, 0.15) is 6.42 Å². The summed E-state index contributed by atoms with van der Waals surface area (Å²) in [5.41, 5.74) is 0. The highest BCUT2D eigenvalue weighted by molar-refractivity contribution is 7.89. The van der Waals surface area contributed by atoms with Gasteiger partial charge in [-0.3, -0.25) is 0 Å². The third kappa shape index (κ3) is 5.52. The molecule has 0 radical (unpaired) electrons. The van der Waals surface area contributed by atoms with E-state index in [2.05, 4.69) is 4.74 Å². The first kappa shape index (κ1) is 17.7. The van der Waals surface area contributed by atoms with Crippen LogP contribution in [0.2, 0.25) is 0 Å². The van der Waals surface area contributed by atoms with Crippen molar-refractivity contribution in [3.05, 3.63) is 24.3 Å². The Labute approximate surface area is 121 Å². The highest BCUT2D eigenvalue weighted by Gasteiger charge is 2.31. The molecule has 0 heterocycles. The van der Waals surface area contributed by atoms with Crippen LogP contribution in [0.25, 0.3) is 0 Å². The Hall–Kier alpha value is -1.32. The van der Waals surface area contributed by atoms with Crippen molar-refractivity contribution in [3.63, 3.8) is 0 Å². The molecule has 0 amide bonds. The molecule has 21 heavy (non-hydrogen) atoms. The van der Waals surface area contributed by atoms with Crippen molar-refractivity contribution in [2.75, 3.05) is 27.3 Å². The predicted octanol–water partition coefficient (Wildman–Crippen LogP) is 2.24. The van der Waals surface area contributed by atoms with Crippen LogP contribution in [-0.2, 0) is 14.8 Å². The number of halogens is 3. The monoisotopic (exact) mass is 327 g/mol. The average molecular weight is 327 g/mol. The van der Waals surface area contributed by atoms with Crippen LogP contribution < -0.4 is 4.74 Å². The summed E-state index contributed by atoms with van der Waals surface area (Å²) in [6.07, 6.45) is -4.39. The number of rotatable bonds is 7. The van der Waals surface area contributed by atoms with Gasteiger partial charge in [-0.2, -0.15) is 0 Å². The molecule has 1 aromatic carbocycles. The smallest absolute Gasteiger partial charge is 0.406 e. The number of nitrogens with zero attached hydrogens (tertiary/aromatic N) is 1. The van der Waals surface area contributed by atoms with E-state index < -0.39 is 22.1 Å². The highest BCUT2D eigenvalue weighted by atomic mass is 32.2. The summed E-state index contributed by atoms with van der Waals surface area (Å²) in [5.74, 6) is -0.575. The molecule has 1 rings (SSSR count). The Morgan fingerprint density at radius 3 is 2.52 bits per heavy atom. The molecule has 0 aliphatic rings. The maximum Gasteiger partial charge on any atom is 0.573 e. The van der Waals surface area contributed by atoms with Crippen molar-refractivity contribution in [1.29, 1.82) is 0 Å². The predicted molar refractivity (Wildman–Crippen MR) is 69.4 cm³/mol. The minimum absolute atomic E-state index is 0.195. The lowest BCUT2D eigenvalue weighted by Crippen LogP contribution is -2.28. The molecular formula is C12H16F3NO4S. The fourth-order valence-corrected chi connectivity index (χ4v) is 2.81. The van der Waals surface area contributed by atoms with Crippen LogP contribution in [0, 0.1) is 0 Å². The van der Waals surface area contributed by atoms with E-state index in [0.717, 1.165) is 16.4 Å². The lowest BCUT2D eigenvalue weighted by atomic mass is 10.3. The molecule has 120 valence electrons. The molecule has 0 aliphatic carbocycles. The topological polar surface area (TPSA) is 55.8 Å².